The molecular weight excluding hydrogens is 438 g/mol. The Balaban J connectivity index is 1.60. The zero-order valence-corrected chi connectivity index (χ0v) is 18.0. The summed E-state index contributed by atoms with van der Waals surface area (Å²) in [4.78, 5) is 35.8. The van der Waals surface area contributed by atoms with Gasteiger partial charge in [-0.3, -0.25) is 19.7 Å². The van der Waals surface area contributed by atoms with Crippen LogP contribution in [0.3, 0.4) is 0 Å². The molecule has 0 aliphatic rings. The fraction of sp³-hybridized carbons (Fsp3) is 0.0909. The fourth-order valence-electron chi connectivity index (χ4n) is 2.71. The molecule has 9 heteroatoms. The first kappa shape index (κ1) is 22.3. The molecule has 31 heavy (non-hydrogen) atoms. The highest BCUT2D eigenvalue weighted by Gasteiger charge is 2.12. The van der Waals surface area contributed by atoms with Crippen molar-refractivity contribution in [1.29, 1.82) is 0 Å². The van der Waals surface area contributed by atoms with E-state index < -0.39 is 10.8 Å². The Morgan fingerprint density at radius 1 is 1.03 bits per heavy atom. The normalized spacial score (nSPS) is 10.4. The van der Waals surface area contributed by atoms with Crippen LogP contribution >= 0.6 is 23.4 Å². The second-order valence-electron chi connectivity index (χ2n) is 6.54. The Labute approximate surface area is 188 Å². The largest absolute Gasteiger partial charge is 0.325 e. The van der Waals surface area contributed by atoms with Crippen molar-refractivity contribution >= 4 is 52.2 Å². The van der Waals surface area contributed by atoms with Crippen LogP contribution in [0.5, 0.6) is 0 Å². The summed E-state index contributed by atoms with van der Waals surface area (Å²) in [5, 5.41) is 17.0. The SMILES string of the molecule is Cc1c(Cl)cccc1NC(=O)CSc1cccc(NC(=O)c2cccc([N+](=O)[O-])c2)c1. The molecular formula is C22H18ClN3O4S. The van der Waals surface area contributed by atoms with E-state index in [0.29, 0.717) is 16.4 Å². The number of nitrogens with zero attached hydrogens (tertiary/aromatic N) is 1. The van der Waals surface area contributed by atoms with Crippen molar-refractivity contribution in [3.63, 3.8) is 0 Å². The number of hydrogen-bond acceptors (Lipinski definition) is 5. The van der Waals surface area contributed by atoms with Gasteiger partial charge in [-0.05, 0) is 48.9 Å². The highest BCUT2D eigenvalue weighted by atomic mass is 35.5. The van der Waals surface area contributed by atoms with Gasteiger partial charge in [0.05, 0.1) is 10.7 Å². The van der Waals surface area contributed by atoms with Crippen molar-refractivity contribution in [3.05, 3.63) is 93.0 Å². The standard InChI is InChI=1S/C22H18ClN3O4S/c1-14-19(23)9-4-10-20(14)25-21(27)13-31-18-8-3-6-16(12-18)24-22(28)15-5-2-7-17(11-15)26(29)30/h2-12H,13H2,1H3,(H,24,28)(H,25,27). The first-order valence-corrected chi connectivity index (χ1v) is 10.5. The van der Waals surface area contributed by atoms with Crippen LogP contribution in [0.1, 0.15) is 15.9 Å². The predicted octanol–water partition coefficient (Wildman–Crippen LogP) is 5.54. The minimum Gasteiger partial charge on any atom is -0.325 e. The van der Waals surface area contributed by atoms with Crippen molar-refractivity contribution in [1.82, 2.24) is 0 Å². The quantitative estimate of drug-likeness (QED) is 0.276. The number of nitrogens with one attached hydrogen (secondary N) is 2. The molecule has 0 heterocycles. The third-order valence-corrected chi connectivity index (χ3v) is 5.73. The number of non-ortho nitro benzene ring substituents is 1. The molecule has 0 spiro atoms. The van der Waals surface area contributed by atoms with Crippen LogP contribution in [-0.4, -0.2) is 22.5 Å². The second-order valence-corrected chi connectivity index (χ2v) is 7.99. The average Bonchev–Trinajstić information content (AvgIpc) is 2.76. The number of benzene rings is 3. The number of amides is 2. The van der Waals surface area contributed by atoms with E-state index in [4.69, 9.17) is 11.6 Å². The van der Waals surface area contributed by atoms with Gasteiger partial charge in [-0.15, -0.1) is 11.8 Å². The molecule has 0 aliphatic carbocycles. The maximum Gasteiger partial charge on any atom is 0.270 e. The summed E-state index contributed by atoms with van der Waals surface area (Å²) in [6.45, 7) is 1.83. The number of carbonyl (C=O) groups excluding carboxylic acids is 2. The van der Waals surface area contributed by atoms with E-state index in [1.165, 1.54) is 36.0 Å². The van der Waals surface area contributed by atoms with Gasteiger partial charge in [0, 0.05) is 39.0 Å². The molecule has 0 aromatic heterocycles. The van der Waals surface area contributed by atoms with Crippen molar-refractivity contribution in [2.75, 3.05) is 16.4 Å². The van der Waals surface area contributed by atoms with Crippen LogP contribution in [-0.2, 0) is 4.79 Å². The minimum atomic E-state index is -0.552. The first-order chi connectivity index (χ1) is 14.8. The summed E-state index contributed by atoms with van der Waals surface area (Å²) in [6, 6.07) is 17.8. The first-order valence-electron chi connectivity index (χ1n) is 9.17. The van der Waals surface area contributed by atoms with Crippen molar-refractivity contribution < 1.29 is 14.5 Å². The lowest BCUT2D eigenvalue weighted by Gasteiger charge is -2.10. The minimum absolute atomic E-state index is 0.155. The van der Waals surface area contributed by atoms with Crippen LogP contribution < -0.4 is 10.6 Å². The molecule has 3 aromatic carbocycles. The molecule has 158 valence electrons. The Morgan fingerprint density at radius 2 is 1.77 bits per heavy atom. The monoisotopic (exact) mass is 455 g/mol. The van der Waals surface area contributed by atoms with Gasteiger partial charge in [0.15, 0.2) is 0 Å². The Bertz CT molecular complexity index is 1150. The van der Waals surface area contributed by atoms with E-state index in [1.807, 2.05) is 13.0 Å². The molecule has 7 nitrogen and oxygen atoms in total. The number of rotatable bonds is 7. The van der Waals surface area contributed by atoms with Gasteiger partial charge in [-0.25, -0.2) is 0 Å². The van der Waals surface area contributed by atoms with Crippen molar-refractivity contribution in [3.8, 4) is 0 Å². The van der Waals surface area contributed by atoms with Crippen molar-refractivity contribution in [2.45, 2.75) is 11.8 Å². The summed E-state index contributed by atoms with van der Waals surface area (Å²) in [5.41, 5.74) is 2.01. The van der Waals surface area contributed by atoms with E-state index in [0.717, 1.165) is 10.5 Å². The summed E-state index contributed by atoms with van der Waals surface area (Å²) in [6.07, 6.45) is 0. The molecule has 0 saturated carbocycles. The summed E-state index contributed by atoms with van der Waals surface area (Å²) >= 11 is 7.39. The zero-order chi connectivity index (χ0) is 22.4. The molecule has 0 saturated heterocycles. The van der Waals surface area contributed by atoms with E-state index in [-0.39, 0.29) is 22.9 Å². The molecule has 3 rings (SSSR count). The number of carbonyl (C=O) groups is 2. The molecule has 0 radical (unpaired) electrons. The van der Waals surface area contributed by atoms with Gasteiger partial charge in [-0.2, -0.15) is 0 Å². The third kappa shape index (κ3) is 6.07. The van der Waals surface area contributed by atoms with Gasteiger partial charge < -0.3 is 10.6 Å². The molecule has 0 aliphatic heterocycles. The topological polar surface area (TPSA) is 101 Å². The number of hydrogen-bond donors (Lipinski definition) is 2. The lowest BCUT2D eigenvalue weighted by Crippen LogP contribution is -2.15. The molecule has 0 atom stereocenters. The lowest BCUT2D eigenvalue weighted by atomic mass is 10.2. The van der Waals surface area contributed by atoms with E-state index in [1.54, 1.807) is 36.4 Å². The van der Waals surface area contributed by atoms with Gasteiger partial charge in [0.1, 0.15) is 0 Å². The predicted molar refractivity (Wildman–Crippen MR) is 123 cm³/mol. The molecule has 3 aromatic rings. The Kier molecular flexibility index (Phi) is 7.28. The van der Waals surface area contributed by atoms with Crippen LogP contribution in [0.15, 0.2) is 71.6 Å². The molecule has 2 N–H and O–H groups in total. The molecule has 2 amide bonds. The van der Waals surface area contributed by atoms with Crippen LogP contribution in [0.2, 0.25) is 5.02 Å². The molecule has 0 unspecified atom stereocenters. The summed E-state index contributed by atoms with van der Waals surface area (Å²) < 4.78 is 0. The number of anilines is 2. The third-order valence-electron chi connectivity index (χ3n) is 4.32. The zero-order valence-electron chi connectivity index (χ0n) is 16.4. The number of nitro benzene ring substituents is 1. The van der Waals surface area contributed by atoms with E-state index in [9.17, 15) is 19.7 Å². The highest BCUT2D eigenvalue weighted by Crippen LogP contribution is 2.25. The Hall–Kier alpha value is -3.36. The highest BCUT2D eigenvalue weighted by molar-refractivity contribution is 8.00. The van der Waals surface area contributed by atoms with Crippen molar-refractivity contribution in [2.24, 2.45) is 0 Å². The number of halogens is 1. The van der Waals surface area contributed by atoms with Crippen LogP contribution in [0.4, 0.5) is 17.1 Å². The lowest BCUT2D eigenvalue weighted by molar-refractivity contribution is -0.384. The smallest absolute Gasteiger partial charge is 0.270 e. The molecule has 0 fully saturated rings. The van der Waals surface area contributed by atoms with Gasteiger partial charge in [-0.1, -0.05) is 29.8 Å². The van der Waals surface area contributed by atoms with Crippen LogP contribution in [0.25, 0.3) is 0 Å². The van der Waals surface area contributed by atoms with Gasteiger partial charge >= 0.3 is 0 Å². The number of nitro groups is 1. The number of thioether (sulfide) groups is 1. The average molecular weight is 456 g/mol. The Morgan fingerprint density at radius 3 is 2.55 bits per heavy atom. The van der Waals surface area contributed by atoms with E-state index >= 15 is 0 Å². The maximum absolute atomic E-state index is 12.4. The second kappa shape index (κ2) is 10.1. The maximum atomic E-state index is 12.4. The van der Waals surface area contributed by atoms with Crippen LogP contribution in [0, 0.1) is 17.0 Å². The molecule has 0 bridgehead atoms. The summed E-state index contributed by atoms with van der Waals surface area (Å²) in [7, 11) is 0. The van der Waals surface area contributed by atoms with Gasteiger partial charge in [0.2, 0.25) is 5.91 Å². The van der Waals surface area contributed by atoms with E-state index in [2.05, 4.69) is 10.6 Å². The van der Waals surface area contributed by atoms with Gasteiger partial charge in [0.25, 0.3) is 11.6 Å². The summed E-state index contributed by atoms with van der Waals surface area (Å²) in [5.74, 6) is -0.463. The fourth-order valence-corrected chi connectivity index (χ4v) is 3.64.